The van der Waals surface area contributed by atoms with Gasteiger partial charge in [0.25, 0.3) is 0 Å². The number of sulfonamides is 1. The first-order valence-corrected chi connectivity index (χ1v) is 14.5. The van der Waals surface area contributed by atoms with Crippen LogP contribution in [0.2, 0.25) is 0 Å². The smallest absolute Gasteiger partial charge is 0.214 e. The van der Waals surface area contributed by atoms with Gasteiger partial charge in [-0.1, -0.05) is 51.2 Å². The average molecular weight is 505 g/mol. The topological polar surface area (TPSA) is 75.6 Å². The Kier molecular flexibility index (Phi) is 9.08. The van der Waals surface area contributed by atoms with Crippen LogP contribution in [0.5, 0.6) is 0 Å². The highest BCUT2D eigenvalue weighted by Gasteiger charge is 2.31. The Morgan fingerprint density at radius 3 is 2.57 bits per heavy atom. The fourth-order valence-electron chi connectivity index (χ4n) is 4.80. The number of halogens is 1. The molecule has 0 bridgehead atoms. The van der Waals surface area contributed by atoms with Crippen LogP contribution in [0.15, 0.2) is 24.3 Å². The molecule has 0 amide bonds. The van der Waals surface area contributed by atoms with E-state index in [1.165, 1.54) is 31.4 Å². The molecule has 2 aromatic rings. The molecule has 0 aliphatic carbocycles. The molecule has 1 fully saturated rings. The molecule has 0 unspecified atom stereocenters. The van der Waals surface area contributed by atoms with Crippen molar-refractivity contribution in [3.8, 4) is 0 Å². The monoisotopic (exact) mass is 504 g/mol. The van der Waals surface area contributed by atoms with Crippen molar-refractivity contribution in [2.24, 2.45) is 0 Å². The zero-order valence-electron chi connectivity index (χ0n) is 20.7. The second-order valence-corrected chi connectivity index (χ2v) is 11.6. The van der Waals surface area contributed by atoms with E-state index in [1.807, 2.05) is 6.07 Å². The minimum absolute atomic E-state index is 0.194. The van der Waals surface area contributed by atoms with E-state index in [1.54, 1.807) is 10.4 Å². The highest BCUT2D eigenvalue weighted by atomic mass is 32.2. The van der Waals surface area contributed by atoms with Gasteiger partial charge in [0.05, 0.1) is 24.7 Å². The predicted octanol–water partition coefficient (Wildman–Crippen LogP) is 4.09. The summed E-state index contributed by atoms with van der Waals surface area (Å²) in [6, 6.07) is 6.50. The van der Waals surface area contributed by atoms with Gasteiger partial charge < -0.3 is 9.64 Å². The number of hydrogen-bond acceptors (Lipinski definition) is 6. The van der Waals surface area contributed by atoms with Gasteiger partial charge in [-0.25, -0.2) is 22.8 Å². The van der Waals surface area contributed by atoms with E-state index in [2.05, 4.69) is 11.8 Å². The number of benzene rings is 1. The maximum Gasteiger partial charge on any atom is 0.214 e. The maximum absolute atomic E-state index is 13.7. The summed E-state index contributed by atoms with van der Waals surface area (Å²) in [5.41, 5.74) is 2.61. The van der Waals surface area contributed by atoms with Gasteiger partial charge in [0.15, 0.2) is 0 Å². The zero-order valence-corrected chi connectivity index (χ0v) is 21.5. The minimum atomic E-state index is -3.34. The SMILES string of the molecule is CCCCCCCCS(=O)(=O)N1CCc2nc(Cc3cccc(F)c3)nc(N3CCOCC3)c2C1. The molecule has 1 aromatic carbocycles. The Morgan fingerprint density at radius 2 is 1.80 bits per heavy atom. The van der Waals surface area contributed by atoms with Crippen molar-refractivity contribution < 1.29 is 17.5 Å². The molecule has 0 atom stereocenters. The number of hydrogen-bond donors (Lipinski definition) is 0. The Hall–Kier alpha value is -2.10. The molecule has 0 spiro atoms. The number of unbranched alkanes of at least 4 members (excludes halogenated alkanes) is 5. The highest BCUT2D eigenvalue weighted by molar-refractivity contribution is 7.89. The van der Waals surface area contributed by atoms with E-state index in [-0.39, 0.29) is 11.6 Å². The third kappa shape index (κ3) is 6.98. The van der Waals surface area contributed by atoms with E-state index in [0.29, 0.717) is 64.5 Å². The van der Waals surface area contributed by atoms with Gasteiger partial charge >= 0.3 is 0 Å². The molecule has 7 nitrogen and oxygen atoms in total. The molecule has 0 N–H and O–H groups in total. The van der Waals surface area contributed by atoms with Gasteiger partial charge in [-0.3, -0.25) is 0 Å². The van der Waals surface area contributed by atoms with Crippen LogP contribution in [-0.2, 0) is 34.1 Å². The zero-order chi connectivity index (χ0) is 24.7. The first-order valence-electron chi connectivity index (χ1n) is 12.9. The van der Waals surface area contributed by atoms with Crippen LogP contribution in [0.25, 0.3) is 0 Å². The van der Waals surface area contributed by atoms with E-state index in [0.717, 1.165) is 35.5 Å². The second-order valence-electron chi connectivity index (χ2n) is 9.46. The summed E-state index contributed by atoms with van der Waals surface area (Å²) in [6.45, 7) is 5.54. The van der Waals surface area contributed by atoms with Crippen LogP contribution >= 0.6 is 0 Å². The van der Waals surface area contributed by atoms with Crippen LogP contribution in [0.1, 0.15) is 68.1 Å². The van der Waals surface area contributed by atoms with Crippen LogP contribution in [0.4, 0.5) is 10.2 Å². The van der Waals surface area contributed by atoms with Crippen LogP contribution < -0.4 is 4.90 Å². The van der Waals surface area contributed by atoms with Gasteiger partial charge in [-0.2, -0.15) is 4.31 Å². The van der Waals surface area contributed by atoms with Crippen molar-refractivity contribution >= 4 is 15.8 Å². The quantitative estimate of drug-likeness (QED) is 0.429. The summed E-state index contributed by atoms with van der Waals surface area (Å²) in [6.07, 6.45) is 7.30. The van der Waals surface area contributed by atoms with Crippen molar-refractivity contribution in [1.82, 2.24) is 14.3 Å². The van der Waals surface area contributed by atoms with Crippen molar-refractivity contribution in [2.75, 3.05) is 43.5 Å². The summed E-state index contributed by atoms with van der Waals surface area (Å²) >= 11 is 0. The molecule has 3 heterocycles. The number of fused-ring (bicyclic) bond motifs is 1. The molecule has 0 saturated carbocycles. The second kappa shape index (κ2) is 12.2. The molecule has 2 aliphatic rings. The van der Waals surface area contributed by atoms with Crippen LogP contribution in [0, 0.1) is 5.82 Å². The molecule has 192 valence electrons. The fourth-order valence-corrected chi connectivity index (χ4v) is 6.32. The van der Waals surface area contributed by atoms with Gasteiger partial charge in [0.1, 0.15) is 17.5 Å². The molecule has 9 heteroatoms. The number of ether oxygens (including phenoxy) is 1. The van der Waals surface area contributed by atoms with Gasteiger partial charge in [-0.15, -0.1) is 0 Å². The first kappa shape index (κ1) is 26.0. The third-order valence-corrected chi connectivity index (χ3v) is 8.66. The predicted molar refractivity (Wildman–Crippen MR) is 136 cm³/mol. The van der Waals surface area contributed by atoms with Crippen molar-refractivity contribution in [1.29, 1.82) is 0 Å². The number of morpholine rings is 1. The summed E-state index contributed by atoms with van der Waals surface area (Å²) in [4.78, 5) is 11.8. The lowest BCUT2D eigenvalue weighted by molar-refractivity contribution is 0.122. The Labute approximate surface area is 208 Å². The summed E-state index contributed by atoms with van der Waals surface area (Å²) in [5.74, 6) is 1.35. The largest absolute Gasteiger partial charge is 0.378 e. The lowest BCUT2D eigenvalue weighted by Gasteiger charge is -2.34. The van der Waals surface area contributed by atoms with Gasteiger partial charge in [-0.05, 0) is 24.1 Å². The molecule has 35 heavy (non-hydrogen) atoms. The molecule has 4 rings (SSSR count). The Bertz CT molecular complexity index is 1090. The van der Waals surface area contributed by atoms with Crippen molar-refractivity contribution in [2.45, 2.75) is 64.8 Å². The molecule has 1 aromatic heterocycles. The van der Waals surface area contributed by atoms with E-state index in [4.69, 9.17) is 14.7 Å². The van der Waals surface area contributed by atoms with Crippen molar-refractivity contribution in [3.05, 3.63) is 52.7 Å². The minimum Gasteiger partial charge on any atom is -0.378 e. The summed E-state index contributed by atoms with van der Waals surface area (Å²) < 4.78 is 47.1. The number of anilines is 1. The molecule has 2 aliphatic heterocycles. The van der Waals surface area contributed by atoms with Gasteiger partial charge in [0, 0.05) is 44.6 Å². The number of nitrogens with zero attached hydrogens (tertiary/aromatic N) is 4. The van der Waals surface area contributed by atoms with E-state index < -0.39 is 10.0 Å². The Morgan fingerprint density at radius 1 is 1.03 bits per heavy atom. The van der Waals surface area contributed by atoms with Gasteiger partial charge in [0.2, 0.25) is 10.0 Å². The average Bonchev–Trinajstić information content (AvgIpc) is 2.86. The van der Waals surface area contributed by atoms with Crippen LogP contribution in [0.3, 0.4) is 0 Å². The summed E-state index contributed by atoms with van der Waals surface area (Å²) in [7, 11) is -3.34. The first-order chi connectivity index (χ1) is 17.0. The van der Waals surface area contributed by atoms with Crippen LogP contribution in [-0.4, -0.2) is 61.3 Å². The standard InChI is InChI=1S/C26H37FN4O3S/c1-2-3-4-5-6-7-17-35(32,33)31-12-11-24-23(20-31)26(30-13-15-34-16-14-30)29-25(28-24)19-21-9-8-10-22(27)18-21/h8-10,18H,2-7,11-17,19-20H2,1H3. The van der Waals surface area contributed by atoms with E-state index >= 15 is 0 Å². The van der Waals surface area contributed by atoms with E-state index in [9.17, 15) is 12.8 Å². The normalized spacial score (nSPS) is 16.9. The number of aromatic nitrogens is 2. The summed E-state index contributed by atoms with van der Waals surface area (Å²) in [5, 5.41) is 0. The van der Waals surface area contributed by atoms with Crippen molar-refractivity contribution in [3.63, 3.8) is 0 Å². The lowest BCUT2D eigenvalue weighted by Crippen LogP contribution is -2.42. The Balaban J connectivity index is 1.52. The molecule has 0 radical (unpaired) electrons. The highest BCUT2D eigenvalue weighted by Crippen LogP contribution is 2.29. The number of rotatable bonds is 11. The maximum atomic E-state index is 13.7. The molecular formula is C26H37FN4O3S. The third-order valence-electron chi connectivity index (χ3n) is 6.76. The molecular weight excluding hydrogens is 467 g/mol. The molecule has 1 saturated heterocycles. The fraction of sp³-hybridized carbons (Fsp3) is 0.615. The lowest BCUT2D eigenvalue weighted by atomic mass is 10.1.